The Bertz CT molecular complexity index is 745. The number of hydrogen-bond acceptors (Lipinski definition) is 7. The molecule has 0 radical (unpaired) electrons. The number of methoxy groups -OCH3 is 1. The molecule has 0 spiro atoms. The molecule has 0 N–H and O–H groups in total. The van der Waals surface area contributed by atoms with E-state index < -0.39 is 4.92 Å². The molecule has 0 saturated carbocycles. The average molecular weight is 344 g/mol. The van der Waals surface area contributed by atoms with E-state index in [0.29, 0.717) is 17.3 Å². The van der Waals surface area contributed by atoms with Crippen LogP contribution in [0.5, 0.6) is 17.4 Å². The number of hydrogen-bond donors (Lipinski definition) is 0. The number of nitrogens with zero attached hydrogens (tertiary/aromatic N) is 4. The van der Waals surface area contributed by atoms with Gasteiger partial charge in [-0.05, 0) is 25.0 Å². The van der Waals surface area contributed by atoms with E-state index in [-0.39, 0.29) is 11.6 Å². The van der Waals surface area contributed by atoms with Crippen LogP contribution in [0.25, 0.3) is 0 Å². The molecule has 0 aliphatic carbocycles. The Hall–Kier alpha value is -2.90. The third kappa shape index (κ3) is 3.78. The van der Waals surface area contributed by atoms with Gasteiger partial charge in [-0.25, -0.2) is 4.98 Å². The van der Waals surface area contributed by atoms with Gasteiger partial charge in [0.15, 0.2) is 11.5 Å². The van der Waals surface area contributed by atoms with Gasteiger partial charge in [0.1, 0.15) is 6.33 Å². The van der Waals surface area contributed by atoms with E-state index in [1.54, 1.807) is 24.3 Å². The summed E-state index contributed by atoms with van der Waals surface area (Å²) in [6.45, 7) is 1.48. The predicted octanol–water partition coefficient (Wildman–Crippen LogP) is 3.57. The lowest BCUT2D eigenvalue weighted by molar-refractivity contribution is -0.385. The standard InChI is InChI=1S/C17H20N4O4/c1-24-13-8-4-5-9-14(13)25-17-15(21(22)23)16(18-12-19-17)20-10-6-2-3-7-11-20/h4-5,8-9,12H,2-3,6-7,10-11H2,1H3. The lowest BCUT2D eigenvalue weighted by Gasteiger charge is -2.21. The maximum absolute atomic E-state index is 11.7. The molecule has 2 heterocycles. The Labute approximate surface area is 145 Å². The van der Waals surface area contributed by atoms with Crippen molar-refractivity contribution in [3.05, 3.63) is 40.7 Å². The number of ether oxygens (including phenoxy) is 2. The minimum atomic E-state index is -0.481. The molecule has 1 saturated heterocycles. The van der Waals surface area contributed by atoms with Crippen LogP contribution in [-0.2, 0) is 0 Å². The number of para-hydroxylation sites is 2. The molecule has 3 rings (SSSR count). The highest BCUT2D eigenvalue weighted by atomic mass is 16.6. The fourth-order valence-electron chi connectivity index (χ4n) is 2.91. The summed E-state index contributed by atoms with van der Waals surface area (Å²) in [4.78, 5) is 21.3. The fourth-order valence-corrected chi connectivity index (χ4v) is 2.91. The van der Waals surface area contributed by atoms with E-state index in [1.165, 1.54) is 13.4 Å². The molecule has 1 aliphatic rings. The second-order valence-corrected chi connectivity index (χ2v) is 5.76. The van der Waals surface area contributed by atoms with Crippen molar-refractivity contribution in [3.63, 3.8) is 0 Å². The molecule has 0 bridgehead atoms. The minimum Gasteiger partial charge on any atom is -0.493 e. The molecule has 1 aromatic heterocycles. The third-order valence-corrected chi connectivity index (χ3v) is 4.13. The van der Waals surface area contributed by atoms with Crippen molar-refractivity contribution in [2.75, 3.05) is 25.1 Å². The first-order valence-electron chi connectivity index (χ1n) is 8.26. The normalized spacial score (nSPS) is 14.7. The third-order valence-electron chi connectivity index (χ3n) is 4.13. The van der Waals surface area contributed by atoms with Crippen LogP contribution in [0.15, 0.2) is 30.6 Å². The van der Waals surface area contributed by atoms with Gasteiger partial charge >= 0.3 is 11.6 Å². The summed E-state index contributed by atoms with van der Waals surface area (Å²) in [5.41, 5.74) is -0.213. The van der Waals surface area contributed by atoms with Crippen LogP contribution in [0.1, 0.15) is 25.7 Å². The van der Waals surface area contributed by atoms with Gasteiger partial charge in [0.2, 0.25) is 5.82 Å². The SMILES string of the molecule is COc1ccccc1Oc1ncnc(N2CCCCCC2)c1[N+](=O)[O-]. The van der Waals surface area contributed by atoms with Crippen LogP contribution in [0, 0.1) is 10.1 Å². The van der Waals surface area contributed by atoms with Crippen LogP contribution in [-0.4, -0.2) is 35.1 Å². The molecule has 1 aromatic carbocycles. The van der Waals surface area contributed by atoms with Crippen molar-refractivity contribution in [3.8, 4) is 17.4 Å². The highest BCUT2D eigenvalue weighted by Gasteiger charge is 2.29. The van der Waals surface area contributed by atoms with Crippen LogP contribution in [0.3, 0.4) is 0 Å². The van der Waals surface area contributed by atoms with E-state index in [9.17, 15) is 10.1 Å². The summed E-state index contributed by atoms with van der Waals surface area (Å²) < 4.78 is 10.9. The smallest absolute Gasteiger partial charge is 0.373 e. The Morgan fingerprint density at radius 3 is 2.40 bits per heavy atom. The molecule has 8 heteroatoms. The number of anilines is 1. The van der Waals surface area contributed by atoms with E-state index in [1.807, 2.05) is 4.90 Å². The molecule has 25 heavy (non-hydrogen) atoms. The van der Waals surface area contributed by atoms with Crippen LogP contribution in [0.4, 0.5) is 11.5 Å². The van der Waals surface area contributed by atoms with E-state index >= 15 is 0 Å². The summed E-state index contributed by atoms with van der Waals surface area (Å²) in [6, 6.07) is 6.96. The van der Waals surface area contributed by atoms with Crippen molar-refractivity contribution in [1.82, 2.24) is 9.97 Å². The summed E-state index contributed by atoms with van der Waals surface area (Å²) >= 11 is 0. The average Bonchev–Trinajstić information content (AvgIpc) is 2.91. The summed E-state index contributed by atoms with van der Waals surface area (Å²) in [5, 5.41) is 11.7. The van der Waals surface area contributed by atoms with Crippen molar-refractivity contribution in [2.45, 2.75) is 25.7 Å². The molecule has 8 nitrogen and oxygen atoms in total. The zero-order valence-electron chi connectivity index (χ0n) is 14.1. The van der Waals surface area contributed by atoms with Crippen molar-refractivity contribution >= 4 is 11.5 Å². The Morgan fingerprint density at radius 2 is 1.76 bits per heavy atom. The number of benzene rings is 1. The Morgan fingerprint density at radius 1 is 1.08 bits per heavy atom. The van der Waals surface area contributed by atoms with Gasteiger partial charge in [0.25, 0.3) is 0 Å². The molecule has 0 amide bonds. The molecule has 132 valence electrons. The second-order valence-electron chi connectivity index (χ2n) is 5.76. The first-order chi connectivity index (χ1) is 12.2. The second kappa shape index (κ2) is 7.78. The topological polar surface area (TPSA) is 90.6 Å². The highest BCUT2D eigenvalue weighted by molar-refractivity contribution is 5.63. The molecular formula is C17H20N4O4. The van der Waals surface area contributed by atoms with Crippen molar-refractivity contribution < 1.29 is 14.4 Å². The molecule has 0 atom stereocenters. The van der Waals surface area contributed by atoms with Crippen molar-refractivity contribution in [1.29, 1.82) is 0 Å². The van der Waals surface area contributed by atoms with E-state index in [2.05, 4.69) is 9.97 Å². The highest BCUT2D eigenvalue weighted by Crippen LogP contribution is 2.39. The predicted molar refractivity (Wildman–Crippen MR) is 92.4 cm³/mol. The molecule has 1 fully saturated rings. The lowest BCUT2D eigenvalue weighted by atomic mass is 10.2. The van der Waals surface area contributed by atoms with Gasteiger partial charge in [-0.3, -0.25) is 10.1 Å². The number of aromatic nitrogens is 2. The van der Waals surface area contributed by atoms with Crippen LogP contribution < -0.4 is 14.4 Å². The van der Waals surface area contributed by atoms with Crippen LogP contribution in [0.2, 0.25) is 0 Å². The maximum atomic E-state index is 11.7. The summed E-state index contributed by atoms with van der Waals surface area (Å²) in [7, 11) is 1.51. The number of rotatable bonds is 5. The van der Waals surface area contributed by atoms with Crippen molar-refractivity contribution in [2.24, 2.45) is 0 Å². The maximum Gasteiger partial charge on any atom is 0.373 e. The van der Waals surface area contributed by atoms with Gasteiger partial charge in [-0.1, -0.05) is 25.0 Å². The summed E-state index contributed by atoms with van der Waals surface area (Å²) in [5.74, 6) is 1.08. The number of nitro groups is 1. The Kier molecular flexibility index (Phi) is 5.27. The molecule has 0 unspecified atom stereocenters. The minimum absolute atomic E-state index is 0.0799. The molecule has 2 aromatic rings. The van der Waals surface area contributed by atoms with Gasteiger partial charge in [0.05, 0.1) is 12.0 Å². The quantitative estimate of drug-likeness (QED) is 0.605. The summed E-state index contributed by atoms with van der Waals surface area (Å²) in [6.07, 6.45) is 5.53. The zero-order valence-corrected chi connectivity index (χ0v) is 14.1. The van der Waals surface area contributed by atoms with Crippen LogP contribution >= 0.6 is 0 Å². The van der Waals surface area contributed by atoms with Gasteiger partial charge in [0, 0.05) is 13.1 Å². The van der Waals surface area contributed by atoms with Gasteiger partial charge in [-0.2, -0.15) is 4.98 Å². The zero-order chi connectivity index (χ0) is 17.6. The van der Waals surface area contributed by atoms with E-state index in [0.717, 1.165) is 38.8 Å². The Balaban J connectivity index is 1.99. The first kappa shape index (κ1) is 16.9. The molecule has 1 aliphatic heterocycles. The van der Waals surface area contributed by atoms with Gasteiger partial charge in [-0.15, -0.1) is 0 Å². The fraction of sp³-hybridized carbons (Fsp3) is 0.412. The van der Waals surface area contributed by atoms with Gasteiger partial charge < -0.3 is 14.4 Å². The largest absolute Gasteiger partial charge is 0.493 e. The first-order valence-corrected chi connectivity index (χ1v) is 8.26. The lowest BCUT2D eigenvalue weighted by Crippen LogP contribution is -2.26. The monoisotopic (exact) mass is 344 g/mol. The molecular weight excluding hydrogens is 324 g/mol. The van der Waals surface area contributed by atoms with E-state index in [4.69, 9.17) is 9.47 Å².